The van der Waals surface area contributed by atoms with Gasteiger partial charge in [-0.05, 0) is 50.7 Å². The number of benzene rings is 1. The minimum absolute atomic E-state index is 0.0421. The van der Waals surface area contributed by atoms with Crippen molar-refractivity contribution >= 4 is 44.1 Å². The second-order valence-corrected chi connectivity index (χ2v) is 12.2. The number of piperidine rings is 1. The predicted molar refractivity (Wildman–Crippen MR) is 129 cm³/mol. The van der Waals surface area contributed by atoms with Gasteiger partial charge in [0.2, 0.25) is 5.91 Å². The summed E-state index contributed by atoms with van der Waals surface area (Å²) in [4.78, 5) is 41.7. The molecule has 11 heteroatoms. The molecule has 0 bridgehead atoms. The quantitative estimate of drug-likeness (QED) is 0.626. The van der Waals surface area contributed by atoms with E-state index in [0.29, 0.717) is 43.0 Å². The van der Waals surface area contributed by atoms with Crippen LogP contribution in [0.25, 0.3) is 0 Å². The highest BCUT2D eigenvalue weighted by atomic mass is 32.2. The molecule has 2 aromatic rings. The number of nitrogens with zero attached hydrogens (tertiary/aromatic N) is 3. The third kappa shape index (κ3) is 4.77. The zero-order valence-electron chi connectivity index (χ0n) is 19.5. The van der Waals surface area contributed by atoms with E-state index in [9.17, 15) is 22.8 Å². The largest absolute Gasteiger partial charge is 0.339 e. The Morgan fingerprint density at radius 2 is 1.59 bits per heavy atom. The average Bonchev–Trinajstić information content (AvgIpc) is 3.38. The lowest BCUT2D eigenvalue weighted by molar-refractivity contribution is -0.114. The minimum atomic E-state index is -3.71. The third-order valence-electron chi connectivity index (χ3n) is 6.66. The fourth-order valence-electron chi connectivity index (χ4n) is 4.66. The molecule has 1 spiro atoms. The number of carbonyl (C=O) groups is 3. The highest BCUT2D eigenvalue weighted by Gasteiger charge is 2.46. The van der Waals surface area contributed by atoms with Gasteiger partial charge in [0.05, 0.1) is 5.69 Å². The molecule has 0 aliphatic carbocycles. The van der Waals surface area contributed by atoms with Crippen LogP contribution in [0.3, 0.4) is 0 Å². The summed E-state index contributed by atoms with van der Waals surface area (Å²) in [5.41, 5.74) is 1.35. The first-order valence-electron chi connectivity index (χ1n) is 11.2. The summed E-state index contributed by atoms with van der Waals surface area (Å²) >= 11 is 0.975. The van der Waals surface area contributed by atoms with Gasteiger partial charge in [-0.1, -0.05) is 23.5 Å². The lowest BCUT2D eigenvalue weighted by Crippen LogP contribution is -2.44. The van der Waals surface area contributed by atoms with Crippen molar-refractivity contribution in [3.8, 4) is 0 Å². The van der Waals surface area contributed by atoms with Crippen molar-refractivity contribution in [2.24, 2.45) is 5.41 Å². The van der Waals surface area contributed by atoms with Gasteiger partial charge in [0.1, 0.15) is 0 Å². The van der Waals surface area contributed by atoms with Crippen molar-refractivity contribution in [2.75, 3.05) is 31.5 Å². The van der Waals surface area contributed by atoms with Gasteiger partial charge in [0.15, 0.2) is 15.1 Å². The molecule has 1 N–H and O–H groups in total. The molecule has 2 aliphatic rings. The van der Waals surface area contributed by atoms with Crippen LogP contribution in [0.4, 0.5) is 5.13 Å². The molecule has 9 nitrogen and oxygen atoms in total. The SMILES string of the molecule is CC(=O)Nc1nc(C)c(S(=O)(=O)N2CCC3(CCN(C(=O)c4ccc(C(C)=O)cc4)CC3)C2)s1. The van der Waals surface area contributed by atoms with Crippen molar-refractivity contribution < 1.29 is 22.8 Å². The number of thiazole rings is 1. The van der Waals surface area contributed by atoms with E-state index >= 15 is 0 Å². The normalized spacial score (nSPS) is 18.3. The molecule has 4 rings (SSSR count). The molecule has 2 amide bonds. The molecule has 182 valence electrons. The van der Waals surface area contributed by atoms with E-state index in [2.05, 4.69) is 10.3 Å². The average molecular weight is 505 g/mol. The van der Waals surface area contributed by atoms with Gasteiger partial charge in [-0.3, -0.25) is 14.4 Å². The summed E-state index contributed by atoms with van der Waals surface area (Å²) in [5.74, 6) is -0.411. The van der Waals surface area contributed by atoms with Gasteiger partial charge in [0.25, 0.3) is 15.9 Å². The number of aryl methyl sites for hydroxylation is 1. The number of likely N-dealkylation sites (tertiary alicyclic amines) is 1. The van der Waals surface area contributed by atoms with E-state index in [1.807, 2.05) is 0 Å². The van der Waals surface area contributed by atoms with Crippen LogP contribution in [0, 0.1) is 12.3 Å². The maximum Gasteiger partial charge on any atom is 0.254 e. The first-order chi connectivity index (χ1) is 16.0. The monoisotopic (exact) mass is 504 g/mol. The van der Waals surface area contributed by atoms with E-state index in [4.69, 9.17) is 0 Å². The van der Waals surface area contributed by atoms with Gasteiger partial charge in [-0.15, -0.1) is 0 Å². The standard InChI is InChI=1S/C23H28N4O5S2/c1-15-21(33-22(24-15)25-17(3)29)34(31,32)27-13-10-23(14-27)8-11-26(12-9-23)20(30)19-6-4-18(5-7-19)16(2)28/h4-7H,8-14H2,1-3H3,(H,24,25,29). The van der Waals surface area contributed by atoms with Gasteiger partial charge >= 0.3 is 0 Å². The smallest absolute Gasteiger partial charge is 0.254 e. The second kappa shape index (κ2) is 9.20. The minimum Gasteiger partial charge on any atom is -0.339 e. The van der Waals surface area contributed by atoms with E-state index in [1.165, 1.54) is 18.2 Å². The van der Waals surface area contributed by atoms with E-state index < -0.39 is 10.0 Å². The van der Waals surface area contributed by atoms with Crippen LogP contribution in [-0.4, -0.2) is 66.4 Å². The zero-order chi connectivity index (χ0) is 24.7. The summed E-state index contributed by atoms with van der Waals surface area (Å²) < 4.78 is 28.3. The van der Waals surface area contributed by atoms with Crippen LogP contribution in [0.5, 0.6) is 0 Å². The molecule has 0 unspecified atom stereocenters. The van der Waals surface area contributed by atoms with Crippen molar-refractivity contribution in [3.63, 3.8) is 0 Å². The predicted octanol–water partition coefficient (Wildman–Crippen LogP) is 2.93. The Bertz CT molecular complexity index is 1230. The van der Waals surface area contributed by atoms with Crippen molar-refractivity contribution in [2.45, 2.75) is 44.2 Å². The number of Topliss-reactive ketones (excluding diaryl/α,β-unsaturated/α-hetero) is 1. The number of carbonyl (C=O) groups excluding carboxylic acids is 3. The summed E-state index contributed by atoms with van der Waals surface area (Å²) in [6.07, 6.45) is 2.21. The molecule has 2 fully saturated rings. The maximum absolute atomic E-state index is 13.3. The number of rotatable bonds is 5. The zero-order valence-corrected chi connectivity index (χ0v) is 21.1. The highest BCUT2D eigenvalue weighted by Crippen LogP contribution is 2.43. The number of hydrogen-bond donors (Lipinski definition) is 1. The molecule has 2 aliphatic heterocycles. The first-order valence-corrected chi connectivity index (χ1v) is 13.4. The molecule has 3 heterocycles. The molecule has 0 radical (unpaired) electrons. The number of ketones is 1. The Kier molecular flexibility index (Phi) is 6.63. The van der Waals surface area contributed by atoms with E-state index in [1.54, 1.807) is 36.1 Å². The van der Waals surface area contributed by atoms with Gasteiger partial charge < -0.3 is 10.2 Å². The van der Waals surface area contributed by atoms with Crippen LogP contribution in [0.15, 0.2) is 28.5 Å². The van der Waals surface area contributed by atoms with Crippen LogP contribution in [-0.2, 0) is 14.8 Å². The number of nitrogens with one attached hydrogen (secondary N) is 1. The number of anilines is 1. The van der Waals surface area contributed by atoms with Crippen LogP contribution in [0.2, 0.25) is 0 Å². The molecule has 1 aromatic heterocycles. The molecule has 0 saturated carbocycles. The fourth-order valence-corrected chi connectivity index (χ4v) is 7.81. The Morgan fingerprint density at radius 3 is 2.18 bits per heavy atom. The van der Waals surface area contributed by atoms with E-state index in [0.717, 1.165) is 30.6 Å². The number of hydrogen-bond acceptors (Lipinski definition) is 7. The number of amides is 2. The molecular weight excluding hydrogens is 476 g/mol. The Labute approximate surface area is 203 Å². The molecule has 1 aromatic carbocycles. The summed E-state index contributed by atoms with van der Waals surface area (Å²) in [5, 5.41) is 2.83. The van der Waals surface area contributed by atoms with Crippen molar-refractivity contribution in [1.29, 1.82) is 0 Å². The third-order valence-corrected chi connectivity index (χ3v) is 10.2. The number of sulfonamides is 1. The van der Waals surface area contributed by atoms with Gasteiger partial charge in [-0.25, -0.2) is 13.4 Å². The summed E-state index contributed by atoms with van der Waals surface area (Å²) in [7, 11) is -3.71. The number of aromatic nitrogens is 1. The molecule has 34 heavy (non-hydrogen) atoms. The van der Waals surface area contributed by atoms with Crippen LogP contribution < -0.4 is 5.32 Å². The maximum atomic E-state index is 13.3. The summed E-state index contributed by atoms with van der Waals surface area (Å²) in [6, 6.07) is 6.69. The lowest BCUT2D eigenvalue weighted by atomic mass is 9.78. The molecule has 2 saturated heterocycles. The Morgan fingerprint density at radius 1 is 1.00 bits per heavy atom. The van der Waals surface area contributed by atoms with Crippen molar-refractivity contribution in [3.05, 3.63) is 41.1 Å². The van der Waals surface area contributed by atoms with Crippen LogP contribution in [0.1, 0.15) is 59.5 Å². The van der Waals surface area contributed by atoms with Crippen molar-refractivity contribution in [1.82, 2.24) is 14.2 Å². The topological polar surface area (TPSA) is 117 Å². The van der Waals surface area contributed by atoms with Gasteiger partial charge in [-0.2, -0.15) is 4.31 Å². The Hall–Kier alpha value is -2.63. The lowest BCUT2D eigenvalue weighted by Gasteiger charge is -2.39. The van der Waals surface area contributed by atoms with Crippen LogP contribution >= 0.6 is 11.3 Å². The Balaban J connectivity index is 1.41. The second-order valence-electron chi connectivity index (χ2n) is 9.09. The fraction of sp³-hybridized carbons (Fsp3) is 0.478. The first kappa shape index (κ1) is 24.5. The molecular formula is C23H28N4O5S2. The molecule has 0 atom stereocenters. The van der Waals surface area contributed by atoms with Gasteiger partial charge in [0, 0.05) is 44.2 Å². The highest BCUT2D eigenvalue weighted by molar-refractivity contribution is 7.91. The van der Waals surface area contributed by atoms with E-state index in [-0.39, 0.29) is 32.4 Å². The summed E-state index contributed by atoms with van der Waals surface area (Å²) in [6.45, 7) is 6.44.